The number of likely N-dealkylation sites (N-methyl/N-ethyl adjacent to an activating group) is 1. The van der Waals surface area contributed by atoms with E-state index in [0.717, 1.165) is 5.56 Å². The first-order chi connectivity index (χ1) is 9.42. The summed E-state index contributed by atoms with van der Waals surface area (Å²) < 4.78 is 23.6. The summed E-state index contributed by atoms with van der Waals surface area (Å²) in [5.41, 5.74) is -0.0588. The number of hydrogen-bond donors (Lipinski definition) is 1. The van der Waals surface area contributed by atoms with Crippen molar-refractivity contribution in [2.45, 2.75) is 32.7 Å². The summed E-state index contributed by atoms with van der Waals surface area (Å²) >= 11 is 0. The summed E-state index contributed by atoms with van der Waals surface area (Å²) in [6, 6.07) is 4.36. The number of esters is 1. The number of hydrogen-bond acceptors (Lipinski definition) is 4. The van der Waals surface area contributed by atoms with Crippen LogP contribution in [0.15, 0.2) is 18.2 Å². The molecule has 0 heterocycles. The van der Waals surface area contributed by atoms with Crippen molar-refractivity contribution in [3.05, 3.63) is 29.6 Å². The molecule has 0 fully saturated rings. The lowest BCUT2D eigenvalue weighted by atomic mass is 9.99. The molecular weight excluding hydrogens is 261 g/mol. The number of halogens is 1. The molecule has 1 N–H and O–H groups in total. The predicted octanol–water partition coefficient (Wildman–Crippen LogP) is 2.44. The smallest absolute Gasteiger partial charge is 0.326 e. The summed E-state index contributed by atoms with van der Waals surface area (Å²) in [4.78, 5) is 11.9. The third-order valence-electron chi connectivity index (χ3n) is 3.27. The van der Waals surface area contributed by atoms with Gasteiger partial charge in [-0.1, -0.05) is 0 Å². The first-order valence-electron chi connectivity index (χ1n) is 6.68. The minimum atomic E-state index is -0.788. The van der Waals surface area contributed by atoms with Gasteiger partial charge in [0.15, 0.2) is 0 Å². The first kappa shape index (κ1) is 16.4. The Bertz CT molecular complexity index is 464. The van der Waals surface area contributed by atoms with Gasteiger partial charge in [0.1, 0.15) is 17.1 Å². The molecule has 0 spiro atoms. The van der Waals surface area contributed by atoms with Crippen LogP contribution in [0.3, 0.4) is 0 Å². The second kappa shape index (κ2) is 7.24. The molecule has 0 amide bonds. The fraction of sp³-hybridized carbons (Fsp3) is 0.533. The molecule has 1 atom stereocenters. The number of carbonyl (C=O) groups is 1. The molecule has 0 saturated heterocycles. The van der Waals surface area contributed by atoms with Gasteiger partial charge in [-0.05, 0) is 51.6 Å². The third-order valence-corrected chi connectivity index (χ3v) is 3.27. The summed E-state index contributed by atoms with van der Waals surface area (Å²) in [6.45, 7) is 6.00. The highest BCUT2D eigenvalue weighted by atomic mass is 19.1. The highest BCUT2D eigenvalue weighted by Gasteiger charge is 2.32. The van der Waals surface area contributed by atoms with Crippen LogP contribution in [-0.4, -0.2) is 31.8 Å². The van der Waals surface area contributed by atoms with Gasteiger partial charge in [0, 0.05) is 6.42 Å². The van der Waals surface area contributed by atoms with E-state index >= 15 is 0 Å². The quantitative estimate of drug-likeness (QED) is 0.781. The highest BCUT2D eigenvalue weighted by molar-refractivity contribution is 5.80. The van der Waals surface area contributed by atoms with E-state index in [-0.39, 0.29) is 11.8 Å². The fourth-order valence-electron chi connectivity index (χ4n) is 1.76. The minimum Gasteiger partial charge on any atom is -0.493 e. The van der Waals surface area contributed by atoms with Crippen molar-refractivity contribution in [1.82, 2.24) is 5.32 Å². The predicted molar refractivity (Wildman–Crippen MR) is 75.3 cm³/mol. The summed E-state index contributed by atoms with van der Waals surface area (Å²) in [5.74, 6) is 0.0251. The molecule has 112 valence electrons. The topological polar surface area (TPSA) is 47.6 Å². The van der Waals surface area contributed by atoms with Crippen LogP contribution in [0.2, 0.25) is 0 Å². The zero-order valence-electron chi connectivity index (χ0n) is 12.5. The summed E-state index contributed by atoms with van der Waals surface area (Å²) in [6.07, 6.45) is 0.457. The molecule has 20 heavy (non-hydrogen) atoms. The molecule has 0 bridgehead atoms. The molecule has 1 aromatic rings. The van der Waals surface area contributed by atoms with E-state index in [1.165, 1.54) is 12.1 Å². The molecule has 4 nitrogen and oxygen atoms in total. The van der Waals surface area contributed by atoms with E-state index in [2.05, 4.69) is 5.32 Å². The lowest BCUT2D eigenvalue weighted by molar-refractivity contribution is -0.150. The number of aryl methyl sites for hydroxylation is 1. The average molecular weight is 283 g/mol. The maximum atomic E-state index is 13.0. The Morgan fingerprint density at radius 1 is 1.45 bits per heavy atom. The molecule has 1 unspecified atom stereocenters. The van der Waals surface area contributed by atoms with Crippen molar-refractivity contribution in [3.8, 4) is 5.75 Å². The number of carbonyl (C=O) groups excluding carboxylic acids is 1. The van der Waals surface area contributed by atoms with E-state index in [0.29, 0.717) is 25.4 Å². The van der Waals surface area contributed by atoms with Crippen molar-refractivity contribution in [2.75, 3.05) is 20.3 Å². The van der Waals surface area contributed by atoms with Crippen molar-refractivity contribution >= 4 is 5.97 Å². The van der Waals surface area contributed by atoms with Crippen LogP contribution in [0, 0.1) is 12.7 Å². The summed E-state index contributed by atoms with van der Waals surface area (Å²) in [5, 5.41) is 2.96. The SMILES string of the molecule is CCOC(=O)C(C)(CCOc1ccc(F)cc1C)NC. The Morgan fingerprint density at radius 2 is 2.15 bits per heavy atom. The van der Waals surface area contributed by atoms with Crippen molar-refractivity contribution in [3.63, 3.8) is 0 Å². The van der Waals surface area contributed by atoms with Gasteiger partial charge in [-0.2, -0.15) is 0 Å². The Morgan fingerprint density at radius 3 is 2.70 bits per heavy atom. The molecule has 0 aliphatic rings. The zero-order chi connectivity index (χ0) is 15.2. The Balaban J connectivity index is 2.59. The van der Waals surface area contributed by atoms with Gasteiger partial charge in [-0.3, -0.25) is 4.79 Å². The lowest BCUT2D eigenvalue weighted by Gasteiger charge is -2.26. The van der Waals surface area contributed by atoms with Gasteiger partial charge < -0.3 is 14.8 Å². The van der Waals surface area contributed by atoms with Crippen LogP contribution in [0.1, 0.15) is 25.8 Å². The molecule has 0 radical (unpaired) electrons. The van der Waals surface area contributed by atoms with Gasteiger partial charge in [0.25, 0.3) is 0 Å². The zero-order valence-corrected chi connectivity index (χ0v) is 12.5. The van der Waals surface area contributed by atoms with Crippen molar-refractivity contribution in [2.24, 2.45) is 0 Å². The molecule has 0 aliphatic carbocycles. The first-order valence-corrected chi connectivity index (χ1v) is 6.68. The van der Waals surface area contributed by atoms with Crippen LogP contribution in [0.25, 0.3) is 0 Å². The lowest BCUT2D eigenvalue weighted by Crippen LogP contribution is -2.49. The Labute approximate surface area is 119 Å². The number of rotatable bonds is 7. The fourth-order valence-corrected chi connectivity index (χ4v) is 1.76. The number of ether oxygens (including phenoxy) is 2. The third kappa shape index (κ3) is 4.20. The molecule has 0 saturated carbocycles. The van der Waals surface area contributed by atoms with Crippen molar-refractivity contribution in [1.29, 1.82) is 0 Å². The van der Waals surface area contributed by atoms with E-state index in [9.17, 15) is 9.18 Å². The number of nitrogens with one attached hydrogen (secondary N) is 1. The van der Waals surface area contributed by atoms with E-state index in [4.69, 9.17) is 9.47 Å². The second-order valence-corrected chi connectivity index (χ2v) is 4.81. The van der Waals surface area contributed by atoms with Crippen LogP contribution in [0.4, 0.5) is 4.39 Å². The van der Waals surface area contributed by atoms with Gasteiger partial charge in [0.2, 0.25) is 0 Å². The van der Waals surface area contributed by atoms with E-state index in [1.807, 2.05) is 0 Å². The molecule has 5 heteroatoms. The largest absolute Gasteiger partial charge is 0.493 e. The molecule has 1 rings (SSSR count). The van der Waals surface area contributed by atoms with Gasteiger partial charge in [-0.25, -0.2) is 4.39 Å². The highest BCUT2D eigenvalue weighted by Crippen LogP contribution is 2.20. The Kier molecular flexibility index (Phi) is 5.95. The molecule has 1 aromatic carbocycles. The maximum absolute atomic E-state index is 13.0. The van der Waals surface area contributed by atoms with Crippen LogP contribution >= 0.6 is 0 Å². The minimum absolute atomic E-state index is 0.290. The van der Waals surface area contributed by atoms with Crippen LogP contribution in [-0.2, 0) is 9.53 Å². The standard InChI is InChI=1S/C15H22FNO3/c1-5-19-14(18)15(3,17-4)8-9-20-13-7-6-12(16)10-11(13)2/h6-7,10,17H,5,8-9H2,1-4H3. The van der Waals surface area contributed by atoms with Gasteiger partial charge >= 0.3 is 5.97 Å². The molecule has 0 aromatic heterocycles. The van der Waals surface area contributed by atoms with Crippen LogP contribution in [0.5, 0.6) is 5.75 Å². The maximum Gasteiger partial charge on any atom is 0.326 e. The number of benzene rings is 1. The molecule has 0 aliphatic heterocycles. The molecular formula is C15H22FNO3. The van der Waals surface area contributed by atoms with E-state index < -0.39 is 5.54 Å². The second-order valence-electron chi connectivity index (χ2n) is 4.81. The summed E-state index contributed by atoms with van der Waals surface area (Å²) in [7, 11) is 1.71. The average Bonchev–Trinajstić information content (AvgIpc) is 2.41. The van der Waals surface area contributed by atoms with Gasteiger partial charge in [-0.15, -0.1) is 0 Å². The van der Waals surface area contributed by atoms with Crippen molar-refractivity contribution < 1.29 is 18.7 Å². The normalized spacial score (nSPS) is 13.7. The van der Waals surface area contributed by atoms with E-state index in [1.54, 1.807) is 33.9 Å². The van der Waals surface area contributed by atoms with Gasteiger partial charge in [0.05, 0.1) is 13.2 Å². The monoisotopic (exact) mass is 283 g/mol. The van der Waals surface area contributed by atoms with Crippen LogP contribution < -0.4 is 10.1 Å². The Hall–Kier alpha value is -1.62.